The molecule has 0 aromatic carbocycles. The quantitative estimate of drug-likeness (QED) is 0.589. The summed E-state index contributed by atoms with van der Waals surface area (Å²) in [5.74, 6) is 2.08. The summed E-state index contributed by atoms with van der Waals surface area (Å²) in [6.07, 6.45) is 13.4. The lowest BCUT2D eigenvalue weighted by atomic mass is 9.84. The highest BCUT2D eigenvalue weighted by Crippen LogP contribution is 2.28. The molecule has 1 rings (SSSR count). The van der Waals surface area contributed by atoms with Crippen LogP contribution in [0.3, 0.4) is 0 Å². The van der Waals surface area contributed by atoms with Crippen LogP contribution in [0.2, 0.25) is 0 Å². The van der Waals surface area contributed by atoms with E-state index in [4.69, 9.17) is 0 Å². The van der Waals surface area contributed by atoms with E-state index >= 15 is 0 Å². The standard InChI is InChI=1S/C13H26/c1-3-4-9-13-10-5-7-12(2)8-6-11-13/h12-13H,3-11H2,1-2H3. The minimum atomic E-state index is 1.01. The fourth-order valence-electron chi connectivity index (χ4n) is 2.58. The van der Waals surface area contributed by atoms with Crippen molar-refractivity contribution in [2.75, 3.05) is 0 Å². The summed E-state index contributed by atoms with van der Waals surface area (Å²) in [5.41, 5.74) is 0. The Labute approximate surface area is 84.1 Å². The van der Waals surface area contributed by atoms with E-state index in [1.54, 1.807) is 0 Å². The second-order valence-corrected chi connectivity index (χ2v) is 4.98. The van der Waals surface area contributed by atoms with Gasteiger partial charge in [0.2, 0.25) is 0 Å². The van der Waals surface area contributed by atoms with Crippen LogP contribution in [0.1, 0.15) is 71.6 Å². The van der Waals surface area contributed by atoms with E-state index in [0.717, 1.165) is 11.8 Å². The number of rotatable bonds is 3. The van der Waals surface area contributed by atoms with Crippen LogP contribution in [0.15, 0.2) is 0 Å². The molecule has 0 atom stereocenters. The van der Waals surface area contributed by atoms with Gasteiger partial charge in [0.15, 0.2) is 0 Å². The van der Waals surface area contributed by atoms with Crippen molar-refractivity contribution in [3.05, 3.63) is 0 Å². The van der Waals surface area contributed by atoms with Gasteiger partial charge in [-0.15, -0.1) is 0 Å². The highest BCUT2D eigenvalue weighted by atomic mass is 14.2. The minimum Gasteiger partial charge on any atom is -0.0654 e. The lowest BCUT2D eigenvalue weighted by molar-refractivity contribution is 0.312. The molecule has 1 saturated carbocycles. The Balaban J connectivity index is 2.16. The first-order valence-corrected chi connectivity index (χ1v) is 6.33. The average Bonchev–Trinajstić information content (AvgIpc) is 2.09. The zero-order valence-corrected chi connectivity index (χ0v) is 9.52. The van der Waals surface area contributed by atoms with Gasteiger partial charge in [-0.2, -0.15) is 0 Å². The molecule has 0 heteroatoms. The molecule has 0 saturated heterocycles. The minimum absolute atomic E-state index is 1.01. The van der Waals surface area contributed by atoms with Crippen molar-refractivity contribution in [1.82, 2.24) is 0 Å². The summed E-state index contributed by atoms with van der Waals surface area (Å²) in [6.45, 7) is 4.73. The zero-order valence-electron chi connectivity index (χ0n) is 9.52. The van der Waals surface area contributed by atoms with Gasteiger partial charge in [-0.3, -0.25) is 0 Å². The summed E-state index contributed by atoms with van der Waals surface area (Å²) < 4.78 is 0. The molecule has 0 bridgehead atoms. The van der Waals surface area contributed by atoms with Crippen LogP contribution in [0.25, 0.3) is 0 Å². The highest BCUT2D eigenvalue weighted by Gasteiger charge is 2.13. The SMILES string of the molecule is CCCCC1CCCC(C)CCC1. The molecule has 0 amide bonds. The Morgan fingerprint density at radius 3 is 2.15 bits per heavy atom. The van der Waals surface area contributed by atoms with E-state index in [1.807, 2.05) is 0 Å². The monoisotopic (exact) mass is 182 g/mol. The molecule has 78 valence electrons. The molecular weight excluding hydrogens is 156 g/mol. The van der Waals surface area contributed by atoms with Gasteiger partial charge < -0.3 is 0 Å². The van der Waals surface area contributed by atoms with Gasteiger partial charge in [0.25, 0.3) is 0 Å². The smallest absolute Gasteiger partial charge is 0.0414 e. The molecule has 1 aliphatic carbocycles. The third-order valence-corrected chi connectivity index (χ3v) is 3.58. The molecule has 1 fully saturated rings. The van der Waals surface area contributed by atoms with Crippen LogP contribution in [0, 0.1) is 11.8 Å². The molecule has 0 radical (unpaired) electrons. The first kappa shape index (κ1) is 11.1. The number of hydrogen-bond acceptors (Lipinski definition) is 0. The molecule has 1 aliphatic rings. The van der Waals surface area contributed by atoms with Crippen LogP contribution in [0.4, 0.5) is 0 Å². The first-order valence-electron chi connectivity index (χ1n) is 6.33. The largest absolute Gasteiger partial charge is 0.0654 e. The van der Waals surface area contributed by atoms with Crippen molar-refractivity contribution in [2.24, 2.45) is 11.8 Å². The molecular formula is C13H26. The highest BCUT2D eigenvalue weighted by molar-refractivity contribution is 4.66. The van der Waals surface area contributed by atoms with Crippen molar-refractivity contribution in [1.29, 1.82) is 0 Å². The maximum atomic E-state index is 2.42. The molecule has 0 aromatic rings. The lowest BCUT2D eigenvalue weighted by Crippen LogP contribution is -2.07. The zero-order chi connectivity index (χ0) is 9.52. The Kier molecular flexibility index (Phi) is 5.50. The Morgan fingerprint density at radius 2 is 1.62 bits per heavy atom. The van der Waals surface area contributed by atoms with Crippen LogP contribution in [0.5, 0.6) is 0 Å². The molecule has 0 spiro atoms. The fourth-order valence-corrected chi connectivity index (χ4v) is 2.58. The van der Waals surface area contributed by atoms with Gasteiger partial charge in [-0.25, -0.2) is 0 Å². The second-order valence-electron chi connectivity index (χ2n) is 4.98. The van der Waals surface area contributed by atoms with Crippen molar-refractivity contribution in [3.63, 3.8) is 0 Å². The van der Waals surface area contributed by atoms with Crippen molar-refractivity contribution < 1.29 is 0 Å². The van der Waals surface area contributed by atoms with E-state index < -0.39 is 0 Å². The van der Waals surface area contributed by atoms with Crippen LogP contribution >= 0.6 is 0 Å². The van der Waals surface area contributed by atoms with Gasteiger partial charge in [0.05, 0.1) is 0 Å². The van der Waals surface area contributed by atoms with Crippen LogP contribution in [-0.2, 0) is 0 Å². The second kappa shape index (κ2) is 6.45. The molecule has 0 N–H and O–H groups in total. The first-order chi connectivity index (χ1) is 6.33. The van der Waals surface area contributed by atoms with Crippen LogP contribution in [-0.4, -0.2) is 0 Å². The van der Waals surface area contributed by atoms with Gasteiger partial charge in [-0.1, -0.05) is 71.6 Å². The third kappa shape index (κ3) is 4.69. The normalized spacial score (nSPS) is 30.9. The predicted molar refractivity (Wildman–Crippen MR) is 59.9 cm³/mol. The Bertz CT molecular complexity index is 107. The Morgan fingerprint density at radius 1 is 1.00 bits per heavy atom. The van der Waals surface area contributed by atoms with E-state index in [9.17, 15) is 0 Å². The van der Waals surface area contributed by atoms with Crippen LogP contribution < -0.4 is 0 Å². The predicted octanol–water partition coefficient (Wildman–Crippen LogP) is 4.78. The summed E-state index contributed by atoms with van der Waals surface area (Å²) in [7, 11) is 0. The molecule has 0 aliphatic heterocycles. The van der Waals surface area contributed by atoms with Gasteiger partial charge in [-0.05, 0) is 11.8 Å². The third-order valence-electron chi connectivity index (χ3n) is 3.58. The molecule has 0 nitrogen and oxygen atoms in total. The van der Waals surface area contributed by atoms with E-state index in [0.29, 0.717) is 0 Å². The number of unbranched alkanes of at least 4 members (excludes halogenated alkanes) is 1. The summed E-state index contributed by atoms with van der Waals surface area (Å²) in [6, 6.07) is 0. The number of hydrogen-bond donors (Lipinski definition) is 0. The van der Waals surface area contributed by atoms with Crippen molar-refractivity contribution in [2.45, 2.75) is 71.6 Å². The molecule has 13 heavy (non-hydrogen) atoms. The lowest BCUT2D eigenvalue weighted by Gasteiger charge is -2.22. The molecule has 0 heterocycles. The maximum Gasteiger partial charge on any atom is -0.0414 e. The molecule has 0 aromatic heterocycles. The van der Waals surface area contributed by atoms with E-state index in [2.05, 4.69) is 13.8 Å². The summed E-state index contributed by atoms with van der Waals surface area (Å²) in [5, 5.41) is 0. The van der Waals surface area contributed by atoms with E-state index in [1.165, 1.54) is 57.8 Å². The van der Waals surface area contributed by atoms with Crippen molar-refractivity contribution in [3.8, 4) is 0 Å². The summed E-state index contributed by atoms with van der Waals surface area (Å²) >= 11 is 0. The summed E-state index contributed by atoms with van der Waals surface area (Å²) in [4.78, 5) is 0. The topological polar surface area (TPSA) is 0 Å². The average molecular weight is 182 g/mol. The maximum absolute atomic E-state index is 2.42. The van der Waals surface area contributed by atoms with E-state index in [-0.39, 0.29) is 0 Å². The fraction of sp³-hybridized carbons (Fsp3) is 1.00. The Hall–Kier alpha value is 0. The van der Waals surface area contributed by atoms with Gasteiger partial charge >= 0.3 is 0 Å². The van der Waals surface area contributed by atoms with Gasteiger partial charge in [0, 0.05) is 0 Å². The van der Waals surface area contributed by atoms with Gasteiger partial charge in [0.1, 0.15) is 0 Å². The van der Waals surface area contributed by atoms with Crippen molar-refractivity contribution >= 4 is 0 Å². The molecule has 0 unspecified atom stereocenters.